The van der Waals surface area contributed by atoms with Gasteiger partial charge in [0.15, 0.2) is 0 Å². The van der Waals surface area contributed by atoms with Gasteiger partial charge in [0.1, 0.15) is 17.8 Å². The number of nitrogens with one attached hydrogen (secondary N) is 3. The highest BCUT2D eigenvalue weighted by Gasteiger charge is 2.25. The van der Waals surface area contributed by atoms with Crippen molar-refractivity contribution in [3.05, 3.63) is 60.7 Å². The molecule has 5 heterocycles. The minimum atomic E-state index is -0.0925. The van der Waals surface area contributed by atoms with Crippen molar-refractivity contribution < 1.29 is 9.53 Å². The fourth-order valence-corrected chi connectivity index (χ4v) is 4.84. The molecule has 10 nitrogen and oxygen atoms in total. The Labute approximate surface area is 215 Å². The summed E-state index contributed by atoms with van der Waals surface area (Å²) in [6.45, 7) is 4.97. The molecule has 2 saturated heterocycles. The van der Waals surface area contributed by atoms with E-state index >= 15 is 0 Å². The lowest BCUT2D eigenvalue weighted by Gasteiger charge is -2.40. The third-order valence-electron chi connectivity index (χ3n) is 6.99. The first kappa shape index (κ1) is 23.4. The van der Waals surface area contributed by atoms with Gasteiger partial charge in [-0.15, -0.1) is 0 Å². The SMILES string of the molecule is CNC1CN(c2ccnc(CC(=O)Nc3ccc(-c4cc5c(N6CCOCC6)ncnc5[nH]4)cc3)c2)C1. The Kier molecular flexibility index (Phi) is 6.42. The van der Waals surface area contributed by atoms with Gasteiger partial charge in [-0.1, -0.05) is 12.1 Å². The fraction of sp³-hybridized carbons (Fsp3) is 0.333. The molecule has 2 aliphatic rings. The van der Waals surface area contributed by atoms with Gasteiger partial charge >= 0.3 is 0 Å². The largest absolute Gasteiger partial charge is 0.378 e. The van der Waals surface area contributed by atoms with Gasteiger partial charge in [-0.2, -0.15) is 0 Å². The zero-order valence-electron chi connectivity index (χ0n) is 20.8. The molecule has 6 rings (SSSR count). The molecule has 190 valence electrons. The molecule has 2 fully saturated rings. The van der Waals surface area contributed by atoms with Crippen molar-refractivity contribution in [2.75, 3.05) is 61.6 Å². The van der Waals surface area contributed by atoms with Gasteiger partial charge < -0.3 is 30.2 Å². The van der Waals surface area contributed by atoms with Crippen LogP contribution in [-0.4, -0.2) is 78.3 Å². The van der Waals surface area contributed by atoms with Crippen LogP contribution in [0.4, 0.5) is 17.2 Å². The number of aromatic nitrogens is 4. The van der Waals surface area contributed by atoms with E-state index in [1.807, 2.05) is 43.4 Å². The number of aromatic amines is 1. The lowest BCUT2D eigenvalue weighted by atomic mass is 10.1. The fourth-order valence-electron chi connectivity index (χ4n) is 4.84. The Balaban J connectivity index is 1.11. The number of anilines is 3. The minimum absolute atomic E-state index is 0.0925. The van der Waals surface area contributed by atoms with Gasteiger partial charge in [0.05, 0.1) is 30.7 Å². The number of H-pyrrole nitrogens is 1. The molecule has 2 aliphatic heterocycles. The summed E-state index contributed by atoms with van der Waals surface area (Å²) in [5.41, 5.74) is 5.37. The molecule has 0 spiro atoms. The van der Waals surface area contributed by atoms with Gasteiger partial charge in [-0.05, 0) is 42.9 Å². The number of benzene rings is 1. The maximum atomic E-state index is 12.7. The van der Waals surface area contributed by atoms with E-state index in [2.05, 4.69) is 46.4 Å². The third kappa shape index (κ3) is 4.98. The number of nitrogens with zero attached hydrogens (tertiary/aromatic N) is 5. The first-order valence-corrected chi connectivity index (χ1v) is 12.6. The minimum Gasteiger partial charge on any atom is -0.378 e. The Bertz CT molecular complexity index is 1390. The van der Waals surface area contributed by atoms with Crippen molar-refractivity contribution in [2.24, 2.45) is 0 Å². The molecule has 10 heteroatoms. The summed E-state index contributed by atoms with van der Waals surface area (Å²) in [6, 6.07) is 14.4. The first-order chi connectivity index (χ1) is 18.2. The van der Waals surface area contributed by atoms with Crippen molar-refractivity contribution in [2.45, 2.75) is 12.5 Å². The average Bonchev–Trinajstić information content (AvgIpc) is 3.34. The van der Waals surface area contributed by atoms with Crippen LogP contribution < -0.4 is 20.4 Å². The van der Waals surface area contributed by atoms with Crippen molar-refractivity contribution in [1.82, 2.24) is 25.3 Å². The van der Waals surface area contributed by atoms with E-state index in [1.54, 1.807) is 12.5 Å². The molecule has 3 aromatic heterocycles. The van der Waals surface area contributed by atoms with Crippen LogP contribution in [0.25, 0.3) is 22.3 Å². The Morgan fingerprint density at radius 3 is 2.65 bits per heavy atom. The average molecular weight is 499 g/mol. The van der Waals surface area contributed by atoms with E-state index in [0.717, 1.165) is 71.4 Å². The van der Waals surface area contributed by atoms with Gasteiger partial charge in [0.2, 0.25) is 5.91 Å². The molecule has 1 amide bonds. The summed E-state index contributed by atoms with van der Waals surface area (Å²) in [5.74, 6) is 0.832. The van der Waals surface area contributed by atoms with Gasteiger partial charge in [-0.3, -0.25) is 9.78 Å². The van der Waals surface area contributed by atoms with Crippen molar-refractivity contribution in [1.29, 1.82) is 0 Å². The summed E-state index contributed by atoms with van der Waals surface area (Å²) >= 11 is 0. The first-order valence-electron chi connectivity index (χ1n) is 12.6. The normalized spacial score (nSPS) is 16.1. The second-order valence-electron chi connectivity index (χ2n) is 9.44. The third-order valence-corrected chi connectivity index (χ3v) is 6.99. The lowest BCUT2D eigenvalue weighted by molar-refractivity contribution is -0.115. The highest BCUT2D eigenvalue weighted by Crippen LogP contribution is 2.30. The van der Waals surface area contributed by atoms with Crippen molar-refractivity contribution in [3.8, 4) is 11.3 Å². The topological polar surface area (TPSA) is 111 Å². The summed E-state index contributed by atoms with van der Waals surface area (Å²) in [4.78, 5) is 33.9. The number of hydrogen-bond donors (Lipinski definition) is 3. The van der Waals surface area contributed by atoms with Crippen LogP contribution in [-0.2, 0) is 16.0 Å². The molecular weight excluding hydrogens is 468 g/mol. The molecule has 0 bridgehead atoms. The Hall–Kier alpha value is -4.02. The lowest BCUT2D eigenvalue weighted by Crippen LogP contribution is -2.57. The molecule has 0 saturated carbocycles. The predicted octanol–water partition coefficient (Wildman–Crippen LogP) is 2.45. The van der Waals surface area contributed by atoms with E-state index in [-0.39, 0.29) is 12.3 Å². The summed E-state index contributed by atoms with van der Waals surface area (Å²) in [6.07, 6.45) is 3.60. The van der Waals surface area contributed by atoms with Gasteiger partial charge in [0, 0.05) is 55.5 Å². The number of morpholine rings is 1. The smallest absolute Gasteiger partial charge is 0.230 e. The number of amides is 1. The zero-order chi connectivity index (χ0) is 25.2. The van der Waals surface area contributed by atoms with E-state index in [9.17, 15) is 4.79 Å². The molecular formula is C27H30N8O2. The maximum absolute atomic E-state index is 12.7. The van der Waals surface area contributed by atoms with E-state index in [1.165, 1.54) is 0 Å². The quantitative estimate of drug-likeness (QED) is 0.356. The molecule has 0 radical (unpaired) electrons. The molecule has 0 atom stereocenters. The van der Waals surface area contributed by atoms with Crippen LogP contribution in [0.15, 0.2) is 55.0 Å². The number of ether oxygens (including phenoxy) is 1. The molecule has 4 aromatic rings. The van der Waals surface area contributed by atoms with Crippen LogP contribution in [0.3, 0.4) is 0 Å². The number of rotatable bonds is 7. The van der Waals surface area contributed by atoms with Crippen LogP contribution >= 0.6 is 0 Å². The second kappa shape index (κ2) is 10.2. The van der Waals surface area contributed by atoms with Crippen LogP contribution in [0.1, 0.15) is 5.69 Å². The van der Waals surface area contributed by atoms with Crippen molar-refractivity contribution >= 4 is 34.1 Å². The molecule has 0 aliphatic carbocycles. The molecule has 3 N–H and O–H groups in total. The number of hydrogen-bond acceptors (Lipinski definition) is 8. The van der Waals surface area contributed by atoms with Crippen LogP contribution in [0, 0.1) is 0 Å². The second-order valence-corrected chi connectivity index (χ2v) is 9.44. The Morgan fingerprint density at radius 2 is 1.86 bits per heavy atom. The molecule has 37 heavy (non-hydrogen) atoms. The molecule has 0 unspecified atom stereocenters. The van der Waals surface area contributed by atoms with Gasteiger partial charge in [-0.25, -0.2) is 9.97 Å². The summed E-state index contributed by atoms with van der Waals surface area (Å²) < 4.78 is 5.48. The summed E-state index contributed by atoms with van der Waals surface area (Å²) in [5, 5.41) is 7.26. The number of fused-ring (bicyclic) bond motifs is 1. The van der Waals surface area contributed by atoms with E-state index in [0.29, 0.717) is 19.3 Å². The maximum Gasteiger partial charge on any atom is 0.230 e. The zero-order valence-corrected chi connectivity index (χ0v) is 20.8. The molecule has 1 aromatic carbocycles. The van der Waals surface area contributed by atoms with Crippen LogP contribution in [0.5, 0.6) is 0 Å². The van der Waals surface area contributed by atoms with Gasteiger partial charge in [0.25, 0.3) is 0 Å². The summed E-state index contributed by atoms with van der Waals surface area (Å²) in [7, 11) is 1.98. The highest BCUT2D eigenvalue weighted by atomic mass is 16.5. The van der Waals surface area contributed by atoms with Crippen LogP contribution in [0.2, 0.25) is 0 Å². The monoisotopic (exact) mass is 498 g/mol. The number of likely N-dealkylation sites (N-methyl/N-ethyl adjacent to an activating group) is 1. The number of pyridine rings is 1. The predicted molar refractivity (Wildman–Crippen MR) is 144 cm³/mol. The standard InChI is InChI=1S/C27H30N8O2/c1-28-21-15-35(16-21)22-6-7-29-20(12-22)13-25(36)32-19-4-2-18(3-5-19)24-14-23-26(33-24)30-17-31-27(23)34-8-10-37-11-9-34/h2-7,12,14,17,21,28H,8-11,13,15-16H2,1H3,(H,32,36)(H,30,31,33). The van der Waals surface area contributed by atoms with Crippen molar-refractivity contribution in [3.63, 3.8) is 0 Å². The number of carbonyl (C=O) groups is 1. The number of carbonyl (C=O) groups excluding carboxylic acids is 1. The van der Waals surface area contributed by atoms with E-state index < -0.39 is 0 Å². The van der Waals surface area contributed by atoms with E-state index in [4.69, 9.17) is 4.74 Å². The highest BCUT2D eigenvalue weighted by molar-refractivity contribution is 5.94. The Morgan fingerprint density at radius 1 is 1.05 bits per heavy atom.